The molecule has 122 valence electrons. The molecule has 1 atom stereocenters. The lowest BCUT2D eigenvalue weighted by molar-refractivity contribution is -0.119. The zero-order valence-corrected chi connectivity index (χ0v) is 13.0. The maximum atomic E-state index is 14.4. The maximum absolute atomic E-state index is 14.4. The molecule has 1 unspecified atom stereocenters. The molecular formula is C17H19FN2O3. The van der Waals surface area contributed by atoms with Gasteiger partial charge in [-0.05, 0) is 18.1 Å². The Morgan fingerprint density at radius 2 is 2.35 bits per heavy atom. The van der Waals surface area contributed by atoms with Crippen LogP contribution in [0.25, 0.3) is 5.57 Å². The molecule has 2 aliphatic rings. The topological polar surface area (TPSA) is 59.9 Å². The minimum atomic E-state index is -0.260. The molecule has 5 nitrogen and oxygen atoms in total. The average Bonchev–Trinajstić information content (AvgIpc) is 3.02. The summed E-state index contributed by atoms with van der Waals surface area (Å²) in [6.45, 7) is 3.01. The van der Waals surface area contributed by atoms with Gasteiger partial charge in [0, 0.05) is 24.5 Å². The second kappa shape index (κ2) is 6.91. The summed E-state index contributed by atoms with van der Waals surface area (Å²) in [7, 11) is 0. The largest absolute Gasteiger partial charge is 0.390 e. The number of carbonyl (C=O) groups is 1. The molecule has 6 heteroatoms. The summed E-state index contributed by atoms with van der Waals surface area (Å²) in [4.78, 5) is 16.2. The molecule has 0 fully saturated rings. The van der Waals surface area contributed by atoms with Gasteiger partial charge in [-0.15, -0.1) is 0 Å². The summed E-state index contributed by atoms with van der Waals surface area (Å²) < 4.78 is 19.7. The molecule has 0 saturated carbocycles. The van der Waals surface area contributed by atoms with Gasteiger partial charge in [-0.2, -0.15) is 0 Å². The molecule has 3 rings (SSSR count). The van der Waals surface area contributed by atoms with Crippen molar-refractivity contribution in [2.75, 3.05) is 19.8 Å². The highest BCUT2D eigenvalue weighted by atomic mass is 19.1. The molecule has 1 aromatic carbocycles. The number of carbonyl (C=O) groups excluding carboxylic acids is 1. The van der Waals surface area contributed by atoms with E-state index in [1.54, 1.807) is 6.07 Å². The Bertz CT molecular complexity index is 670. The Kier molecular flexibility index (Phi) is 4.71. The molecule has 2 aliphatic heterocycles. The van der Waals surface area contributed by atoms with E-state index in [0.29, 0.717) is 43.0 Å². The number of hydrogen-bond donors (Lipinski definition) is 1. The summed E-state index contributed by atoms with van der Waals surface area (Å²) in [5.41, 5.74) is 3.01. The van der Waals surface area contributed by atoms with Gasteiger partial charge in [0.25, 0.3) is 0 Å². The lowest BCUT2D eigenvalue weighted by Gasteiger charge is -2.15. The zero-order chi connectivity index (χ0) is 16.2. The molecule has 1 N–H and O–H groups in total. The number of benzene rings is 1. The lowest BCUT2D eigenvalue weighted by Crippen LogP contribution is -2.30. The third-order valence-electron chi connectivity index (χ3n) is 3.92. The molecule has 2 heterocycles. The number of rotatable bonds is 4. The first-order chi connectivity index (χ1) is 11.1. The highest BCUT2D eigenvalue weighted by Crippen LogP contribution is 2.26. The van der Waals surface area contributed by atoms with E-state index in [0.717, 1.165) is 12.0 Å². The quantitative estimate of drug-likeness (QED) is 0.926. The lowest BCUT2D eigenvalue weighted by atomic mass is 9.97. The molecule has 0 aromatic heterocycles. The van der Waals surface area contributed by atoms with Crippen LogP contribution in [0.5, 0.6) is 0 Å². The second-order valence-corrected chi connectivity index (χ2v) is 5.66. The number of hydrogen-bond acceptors (Lipinski definition) is 4. The normalized spacial score (nSPS) is 20.5. The highest BCUT2D eigenvalue weighted by molar-refractivity contribution is 6.01. The van der Waals surface area contributed by atoms with Crippen molar-refractivity contribution in [1.29, 1.82) is 0 Å². The summed E-state index contributed by atoms with van der Waals surface area (Å²) in [5, 5.41) is 6.71. The fraction of sp³-hybridized carbons (Fsp3) is 0.412. The van der Waals surface area contributed by atoms with Crippen molar-refractivity contribution in [3.63, 3.8) is 0 Å². The Labute approximate surface area is 134 Å². The average molecular weight is 318 g/mol. The first-order valence-corrected chi connectivity index (χ1v) is 7.67. The van der Waals surface area contributed by atoms with Crippen LogP contribution in [0, 0.1) is 5.82 Å². The van der Waals surface area contributed by atoms with Crippen molar-refractivity contribution in [2.24, 2.45) is 5.16 Å². The van der Waals surface area contributed by atoms with E-state index in [1.165, 1.54) is 13.0 Å². The molecule has 0 saturated heterocycles. The first-order valence-electron chi connectivity index (χ1n) is 7.67. The number of halogens is 1. The number of amides is 1. The SMILES string of the molecule is CC(=O)NCC1CC(c2ccc(C3=CCOCC3)c(F)c2)=NO1. The number of nitrogens with zero attached hydrogens (tertiary/aromatic N) is 1. The third kappa shape index (κ3) is 3.76. The second-order valence-electron chi connectivity index (χ2n) is 5.66. The van der Waals surface area contributed by atoms with E-state index in [9.17, 15) is 9.18 Å². The van der Waals surface area contributed by atoms with E-state index in [-0.39, 0.29) is 17.8 Å². The highest BCUT2D eigenvalue weighted by Gasteiger charge is 2.23. The fourth-order valence-electron chi connectivity index (χ4n) is 2.69. The van der Waals surface area contributed by atoms with Crippen molar-refractivity contribution in [2.45, 2.75) is 25.9 Å². The molecule has 0 radical (unpaired) electrons. The van der Waals surface area contributed by atoms with E-state index < -0.39 is 0 Å². The third-order valence-corrected chi connectivity index (χ3v) is 3.92. The van der Waals surface area contributed by atoms with E-state index in [2.05, 4.69) is 10.5 Å². The van der Waals surface area contributed by atoms with Crippen LogP contribution in [0.4, 0.5) is 4.39 Å². The minimum Gasteiger partial charge on any atom is -0.390 e. The minimum absolute atomic E-state index is 0.109. The molecule has 0 spiro atoms. The molecule has 0 aliphatic carbocycles. The van der Waals surface area contributed by atoms with Gasteiger partial charge in [-0.3, -0.25) is 4.79 Å². The van der Waals surface area contributed by atoms with Crippen LogP contribution in [0.2, 0.25) is 0 Å². The fourth-order valence-corrected chi connectivity index (χ4v) is 2.69. The molecule has 1 amide bonds. The van der Waals surface area contributed by atoms with Crippen LogP contribution >= 0.6 is 0 Å². The zero-order valence-electron chi connectivity index (χ0n) is 13.0. The summed E-state index contributed by atoms with van der Waals surface area (Å²) in [6.07, 6.45) is 2.99. The summed E-state index contributed by atoms with van der Waals surface area (Å²) in [6, 6.07) is 5.14. The van der Waals surface area contributed by atoms with Gasteiger partial charge in [0.2, 0.25) is 5.91 Å². The van der Waals surface area contributed by atoms with Crippen molar-refractivity contribution in [3.8, 4) is 0 Å². The Hall–Kier alpha value is -2.21. The van der Waals surface area contributed by atoms with Crippen LogP contribution in [0.15, 0.2) is 29.4 Å². The van der Waals surface area contributed by atoms with Crippen LogP contribution in [0.1, 0.15) is 30.9 Å². The summed E-state index contributed by atoms with van der Waals surface area (Å²) >= 11 is 0. The number of oxime groups is 1. The van der Waals surface area contributed by atoms with Gasteiger partial charge in [0.1, 0.15) is 11.9 Å². The van der Waals surface area contributed by atoms with Gasteiger partial charge in [-0.1, -0.05) is 23.4 Å². The van der Waals surface area contributed by atoms with Gasteiger partial charge in [0.15, 0.2) is 0 Å². The predicted octanol–water partition coefficient (Wildman–Crippen LogP) is 2.26. The van der Waals surface area contributed by atoms with Crippen LogP contribution in [0.3, 0.4) is 0 Å². The van der Waals surface area contributed by atoms with Gasteiger partial charge < -0.3 is 14.9 Å². The van der Waals surface area contributed by atoms with E-state index in [4.69, 9.17) is 9.57 Å². The predicted molar refractivity (Wildman–Crippen MR) is 84.5 cm³/mol. The Balaban J connectivity index is 1.69. The van der Waals surface area contributed by atoms with Crippen molar-refractivity contribution in [3.05, 3.63) is 41.2 Å². The Morgan fingerprint density at radius 3 is 3.04 bits per heavy atom. The monoisotopic (exact) mass is 318 g/mol. The van der Waals surface area contributed by atoms with Crippen molar-refractivity contribution >= 4 is 17.2 Å². The Morgan fingerprint density at radius 1 is 1.48 bits per heavy atom. The number of ether oxygens (including phenoxy) is 1. The van der Waals surface area contributed by atoms with Gasteiger partial charge >= 0.3 is 0 Å². The maximum Gasteiger partial charge on any atom is 0.217 e. The summed E-state index contributed by atoms with van der Waals surface area (Å²) in [5.74, 6) is -0.370. The van der Waals surface area contributed by atoms with Crippen LogP contribution in [-0.2, 0) is 14.4 Å². The molecular weight excluding hydrogens is 299 g/mol. The van der Waals surface area contributed by atoms with Crippen LogP contribution in [-0.4, -0.2) is 37.5 Å². The first kappa shape index (κ1) is 15.7. The smallest absolute Gasteiger partial charge is 0.217 e. The molecule has 23 heavy (non-hydrogen) atoms. The van der Waals surface area contributed by atoms with E-state index in [1.807, 2.05) is 12.1 Å². The standard InChI is InChI=1S/C17H19FN2O3/c1-11(21)19-10-14-9-17(20-23-14)13-2-3-15(16(18)8-13)12-4-6-22-7-5-12/h2-4,8,14H,5-7,9-10H2,1H3,(H,19,21). The van der Waals surface area contributed by atoms with Gasteiger partial charge in [-0.25, -0.2) is 4.39 Å². The number of nitrogens with one attached hydrogen (secondary N) is 1. The molecule has 1 aromatic rings. The van der Waals surface area contributed by atoms with E-state index >= 15 is 0 Å². The molecule has 0 bridgehead atoms. The van der Waals surface area contributed by atoms with Crippen LogP contribution < -0.4 is 5.32 Å². The van der Waals surface area contributed by atoms with Gasteiger partial charge in [0.05, 0.1) is 25.5 Å². The van der Waals surface area contributed by atoms with Crippen molar-refractivity contribution in [1.82, 2.24) is 5.32 Å². The van der Waals surface area contributed by atoms with Crippen molar-refractivity contribution < 1.29 is 18.8 Å².